The molecule has 2 aromatic carbocycles. The van der Waals surface area contributed by atoms with Gasteiger partial charge in [-0.1, -0.05) is 43.2 Å². The summed E-state index contributed by atoms with van der Waals surface area (Å²) in [4.78, 5) is 38.9. The third-order valence-electron chi connectivity index (χ3n) is 6.04. The van der Waals surface area contributed by atoms with Crippen LogP contribution in [0, 0.1) is 5.92 Å². The second-order valence-corrected chi connectivity index (χ2v) is 8.15. The van der Waals surface area contributed by atoms with Gasteiger partial charge in [0.25, 0.3) is 0 Å². The van der Waals surface area contributed by atoms with E-state index in [1.54, 1.807) is 4.90 Å². The van der Waals surface area contributed by atoms with Crippen LogP contribution < -0.4 is 16.0 Å². The van der Waals surface area contributed by atoms with Crippen molar-refractivity contribution >= 4 is 29.2 Å². The number of fused-ring (bicyclic) bond motifs is 1. The summed E-state index contributed by atoms with van der Waals surface area (Å²) in [5, 5.41) is 8.55. The number of rotatable bonds is 5. The van der Waals surface area contributed by atoms with Gasteiger partial charge in [0.1, 0.15) is 0 Å². The van der Waals surface area contributed by atoms with Crippen molar-refractivity contribution in [3.05, 3.63) is 59.7 Å². The average molecular weight is 421 g/mol. The molecular weight excluding hydrogens is 392 g/mol. The topological polar surface area (TPSA) is 90.5 Å². The number of hydrogen-bond donors (Lipinski definition) is 3. The van der Waals surface area contributed by atoms with Crippen molar-refractivity contribution in [2.24, 2.45) is 5.92 Å². The number of carbonyl (C=O) groups is 3. The van der Waals surface area contributed by atoms with Crippen LogP contribution in [0.1, 0.15) is 36.8 Å². The molecule has 1 heterocycles. The summed E-state index contributed by atoms with van der Waals surface area (Å²) in [6, 6.07) is 14.7. The Bertz CT molecular complexity index is 955. The molecule has 1 aliphatic heterocycles. The number of nitrogens with one attached hydrogen (secondary N) is 3. The van der Waals surface area contributed by atoms with E-state index in [0.717, 1.165) is 48.2 Å². The van der Waals surface area contributed by atoms with Gasteiger partial charge in [0.2, 0.25) is 11.8 Å². The fraction of sp³-hybridized carbons (Fsp3) is 0.375. The highest BCUT2D eigenvalue weighted by Gasteiger charge is 2.26. The minimum absolute atomic E-state index is 0.000765. The number of amides is 4. The Kier molecular flexibility index (Phi) is 6.50. The van der Waals surface area contributed by atoms with Crippen LogP contribution in [-0.2, 0) is 22.6 Å². The standard InChI is InChI=1S/C24H28N4O3/c29-22(15-25-23(30)17-7-4-5-8-17)28-14-13-20-18(16-28)9-6-12-21(20)27-24(31)26-19-10-2-1-3-11-19/h1-3,6,9-12,17H,4-5,7-8,13-16H2,(H,25,30)(H2,26,27,31). The number of urea groups is 1. The number of benzene rings is 2. The molecular formula is C24H28N4O3. The largest absolute Gasteiger partial charge is 0.347 e. The summed E-state index contributed by atoms with van der Waals surface area (Å²) in [6.07, 6.45) is 4.68. The first-order chi connectivity index (χ1) is 15.1. The molecule has 3 N–H and O–H groups in total. The molecule has 0 aromatic heterocycles. The Morgan fingerprint density at radius 1 is 0.935 bits per heavy atom. The molecule has 7 nitrogen and oxygen atoms in total. The molecule has 1 fully saturated rings. The van der Waals surface area contributed by atoms with Gasteiger partial charge in [-0.3, -0.25) is 9.59 Å². The maximum absolute atomic E-state index is 12.6. The van der Waals surface area contributed by atoms with Gasteiger partial charge in [0.05, 0.1) is 6.54 Å². The number of hydrogen-bond acceptors (Lipinski definition) is 3. The zero-order valence-corrected chi connectivity index (χ0v) is 17.5. The number of para-hydroxylation sites is 1. The average Bonchev–Trinajstić information content (AvgIpc) is 3.33. The van der Waals surface area contributed by atoms with Gasteiger partial charge in [-0.25, -0.2) is 4.79 Å². The lowest BCUT2D eigenvalue weighted by Crippen LogP contribution is -2.43. The first-order valence-corrected chi connectivity index (χ1v) is 10.9. The maximum Gasteiger partial charge on any atom is 0.323 e. The lowest BCUT2D eigenvalue weighted by Gasteiger charge is -2.30. The minimum Gasteiger partial charge on any atom is -0.347 e. The molecule has 4 amide bonds. The Hall–Kier alpha value is -3.35. The van der Waals surface area contributed by atoms with Crippen molar-refractivity contribution in [3.8, 4) is 0 Å². The zero-order chi connectivity index (χ0) is 21.6. The number of nitrogens with zero attached hydrogens (tertiary/aromatic N) is 1. The molecule has 2 aliphatic rings. The maximum atomic E-state index is 12.6. The molecule has 0 atom stereocenters. The van der Waals surface area contributed by atoms with Gasteiger partial charge in [-0.05, 0) is 48.6 Å². The minimum atomic E-state index is -0.298. The first-order valence-electron chi connectivity index (χ1n) is 10.9. The SMILES string of the molecule is O=C(Nc1ccccc1)Nc1cccc2c1CCN(C(=O)CNC(=O)C1CCCC1)C2. The lowest BCUT2D eigenvalue weighted by molar-refractivity contribution is -0.134. The van der Waals surface area contributed by atoms with Crippen molar-refractivity contribution in [1.82, 2.24) is 10.2 Å². The predicted octanol–water partition coefficient (Wildman–Crippen LogP) is 3.52. The Morgan fingerprint density at radius 3 is 2.48 bits per heavy atom. The van der Waals surface area contributed by atoms with E-state index < -0.39 is 0 Å². The molecule has 0 spiro atoms. The molecule has 0 unspecified atom stereocenters. The fourth-order valence-electron chi connectivity index (χ4n) is 4.35. The van der Waals surface area contributed by atoms with E-state index in [1.807, 2.05) is 48.5 Å². The molecule has 4 rings (SSSR count). The van der Waals surface area contributed by atoms with Crippen molar-refractivity contribution in [2.75, 3.05) is 23.7 Å². The summed E-state index contributed by atoms with van der Waals surface area (Å²) in [6.45, 7) is 1.08. The third kappa shape index (κ3) is 5.23. The summed E-state index contributed by atoms with van der Waals surface area (Å²) in [7, 11) is 0. The molecule has 0 radical (unpaired) electrons. The Morgan fingerprint density at radius 2 is 1.71 bits per heavy atom. The van der Waals surface area contributed by atoms with Crippen LogP contribution in [0.15, 0.2) is 48.5 Å². The van der Waals surface area contributed by atoms with Crippen LogP contribution in [0.3, 0.4) is 0 Å². The molecule has 7 heteroatoms. The van der Waals surface area contributed by atoms with E-state index in [9.17, 15) is 14.4 Å². The molecule has 0 bridgehead atoms. The highest BCUT2D eigenvalue weighted by atomic mass is 16.2. The third-order valence-corrected chi connectivity index (χ3v) is 6.04. The van der Waals surface area contributed by atoms with E-state index in [1.165, 1.54) is 0 Å². The first kappa shape index (κ1) is 20.9. The highest BCUT2D eigenvalue weighted by Crippen LogP contribution is 2.27. The van der Waals surface area contributed by atoms with Gasteiger partial charge in [-0.2, -0.15) is 0 Å². The summed E-state index contributed by atoms with van der Waals surface area (Å²) < 4.78 is 0. The van der Waals surface area contributed by atoms with Gasteiger partial charge >= 0.3 is 6.03 Å². The van der Waals surface area contributed by atoms with Gasteiger partial charge in [0.15, 0.2) is 0 Å². The Labute approximate surface area is 182 Å². The van der Waals surface area contributed by atoms with Crippen molar-refractivity contribution in [3.63, 3.8) is 0 Å². The molecule has 2 aromatic rings. The van der Waals surface area contributed by atoms with E-state index in [2.05, 4.69) is 16.0 Å². The van der Waals surface area contributed by atoms with Gasteiger partial charge < -0.3 is 20.9 Å². The number of carbonyl (C=O) groups excluding carboxylic acids is 3. The number of anilines is 2. The van der Waals surface area contributed by atoms with Crippen molar-refractivity contribution in [1.29, 1.82) is 0 Å². The van der Waals surface area contributed by atoms with E-state index in [4.69, 9.17) is 0 Å². The molecule has 31 heavy (non-hydrogen) atoms. The van der Waals surface area contributed by atoms with Gasteiger partial charge in [0, 0.05) is 30.4 Å². The predicted molar refractivity (Wildman–Crippen MR) is 120 cm³/mol. The van der Waals surface area contributed by atoms with E-state index in [-0.39, 0.29) is 30.3 Å². The quantitative estimate of drug-likeness (QED) is 0.691. The second-order valence-electron chi connectivity index (χ2n) is 8.15. The van der Waals surface area contributed by atoms with Crippen LogP contribution in [0.5, 0.6) is 0 Å². The second kappa shape index (κ2) is 9.64. The zero-order valence-electron chi connectivity index (χ0n) is 17.5. The summed E-state index contributed by atoms with van der Waals surface area (Å²) in [5.74, 6) is -0.0121. The monoisotopic (exact) mass is 420 g/mol. The van der Waals surface area contributed by atoms with Crippen LogP contribution in [-0.4, -0.2) is 35.8 Å². The normalized spacial score (nSPS) is 15.8. The van der Waals surface area contributed by atoms with Crippen molar-refractivity contribution in [2.45, 2.75) is 38.6 Å². The van der Waals surface area contributed by atoms with E-state index in [0.29, 0.717) is 19.5 Å². The molecule has 162 valence electrons. The lowest BCUT2D eigenvalue weighted by atomic mass is 9.97. The van der Waals surface area contributed by atoms with Crippen molar-refractivity contribution < 1.29 is 14.4 Å². The summed E-state index contributed by atoms with van der Waals surface area (Å²) in [5.41, 5.74) is 3.54. The molecule has 0 saturated heterocycles. The van der Waals surface area contributed by atoms with Crippen LogP contribution >= 0.6 is 0 Å². The molecule has 1 aliphatic carbocycles. The smallest absolute Gasteiger partial charge is 0.323 e. The molecule has 1 saturated carbocycles. The fourth-order valence-corrected chi connectivity index (χ4v) is 4.35. The summed E-state index contributed by atoms with van der Waals surface area (Å²) >= 11 is 0. The van der Waals surface area contributed by atoms with Crippen LogP contribution in [0.25, 0.3) is 0 Å². The van der Waals surface area contributed by atoms with Crippen LogP contribution in [0.4, 0.5) is 16.2 Å². The Balaban J connectivity index is 1.33. The van der Waals surface area contributed by atoms with E-state index >= 15 is 0 Å². The van der Waals surface area contributed by atoms with Gasteiger partial charge in [-0.15, -0.1) is 0 Å². The van der Waals surface area contributed by atoms with Crippen LogP contribution in [0.2, 0.25) is 0 Å². The highest BCUT2D eigenvalue weighted by molar-refractivity contribution is 6.00.